The van der Waals surface area contributed by atoms with Crippen LogP contribution >= 0.6 is 11.6 Å². The molecule has 1 aromatic carbocycles. The van der Waals surface area contributed by atoms with E-state index in [0.717, 1.165) is 41.4 Å². The highest BCUT2D eigenvalue weighted by molar-refractivity contribution is 6.29. The summed E-state index contributed by atoms with van der Waals surface area (Å²) < 4.78 is 5.88. The number of halogens is 1. The fraction of sp³-hybridized carbons (Fsp3) is 0.368. The third kappa shape index (κ3) is 6.27. The molecule has 25 heavy (non-hydrogen) atoms. The molecule has 0 amide bonds. The first-order chi connectivity index (χ1) is 12.1. The Hall–Kier alpha value is -2.27. The Morgan fingerprint density at radius 3 is 2.48 bits per heavy atom. The molecule has 1 aromatic heterocycles. The minimum Gasteiger partial charge on any atom is -0.491 e. The standard InChI is InChI=1S/C19H25ClN4O/c1-14-5-4-6-15(2)18(14)25-12-11-23-19(21-3)22-10-9-16-7-8-17(20)24-13-16/h4-8,13H,9-12H2,1-3H3,(H2,21,22,23). The molecule has 6 heteroatoms. The van der Waals surface area contributed by atoms with Crippen molar-refractivity contribution in [1.29, 1.82) is 0 Å². The zero-order chi connectivity index (χ0) is 18.1. The molecule has 1 heterocycles. The minimum absolute atomic E-state index is 0.512. The number of nitrogens with one attached hydrogen (secondary N) is 2. The monoisotopic (exact) mass is 360 g/mol. The van der Waals surface area contributed by atoms with E-state index < -0.39 is 0 Å². The Kier molecular flexibility index (Phi) is 7.54. The van der Waals surface area contributed by atoms with E-state index >= 15 is 0 Å². The number of nitrogens with zero attached hydrogens (tertiary/aromatic N) is 2. The molecule has 2 N–H and O–H groups in total. The zero-order valence-electron chi connectivity index (χ0n) is 15.0. The van der Waals surface area contributed by atoms with Crippen LogP contribution in [0, 0.1) is 13.8 Å². The number of hydrogen-bond donors (Lipinski definition) is 2. The van der Waals surface area contributed by atoms with Gasteiger partial charge in [-0.3, -0.25) is 4.99 Å². The highest BCUT2D eigenvalue weighted by Crippen LogP contribution is 2.21. The fourth-order valence-electron chi connectivity index (χ4n) is 2.45. The first kappa shape index (κ1) is 19.1. The number of hydrogen-bond acceptors (Lipinski definition) is 3. The van der Waals surface area contributed by atoms with E-state index in [1.807, 2.05) is 12.1 Å². The van der Waals surface area contributed by atoms with Crippen LogP contribution in [0.4, 0.5) is 0 Å². The molecule has 0 unspecified atom stereocenters. The first-order valence-electron chi connectivity index (χ1n) is 8.34. The molecule has 0 aliphatic heterocycles. The molecular weight excluding hydrogens is 336 g/mol. The summed E-state index contributed by atoms with van der Waals surface area (Å²) in [5.74, 6) is 1.72. The molecule has 0 aliphatic carbocycles. The lowest BCUT2D eigenvalue weighted by atomic mass is 10.1. The van der Waals surface area contributed by atoms with Crippen LogP contribution in [0.5, 0.6) is 5.75 Å². The second-order valence-electron chi connectivity index (χ2n) is 5.73. The number of para-hydroxylation sites is 1. The molecule has 0 spiro atoms. The van der Waals surface area contributed by atoms with Crippen molar-refractivity contribution in [3.05, 3.63) is 58.4 Å². The van der Waals surface area contributed by atoms with Crippen molar-refractivity contribution in [1.82, 2.24) is 15.6 Å². The maximum absolute atomic E-state index is 5.88. The van der Waals surface area contributed by atoms with Crippen LogP contribution in [-0.4, -0.2) is 37.7 Å². The molecule has 0 atom stereocenters. The molecule has 0 fully saturated rings. The molecule has 0 saturated heterocycles. The van der Waals surface area contributed by atoms with Gasteiger partial charge in [-0.05, 0) is 43.0 Å². The van der Waals surface area contributed by atoms with Crippen molar-refractivity contribution in [3.8, 4) is 5.75 Å². The van der Waals surface area contributed by atoms with Gasteiger partial charge in [0.15, 0.2) is 5.96 Å². The molecule has 2 aromatic rings. The minimum atomic E-state index is 0.512. The molecule has 134 valence electrons. The van der Waals surface area contributed by atoms with Gasteiger partial charge < -0.3 is 15.4 Å². The first-order valence-corrected chi connectivity index (χ1v) is 8.72. The maximum Gasteiger partial charge on any atom is 0.191 e. The second-order valence-corrected chi connectivity index (χ2v) is 6.12. The predicted molar refractivity (Wildman–Crippen MR) is 104 cm³/mol. The number of aliphatic imine (C=N–C) groups is 1. The van der Waals surface area contributed by atoms with Gasteiger partial charge in [-0.1, -0.05) is 35.9 Å². The van der Waals surface area contributed by atoms with Crippen LogP contribution in [0.25, 0.3) is 0 Å². The maximum atomic E-state index is 5.88. The molecule has 5 nitrogen and oxygen atoms in total. The van der Waals surface area contributed by atoms with Crippen LogP contribution in [-0.2, 0) is 6.42 Å². The van der Waals surface area contributed by atoms with Crippen LogP contribution < -0.4 is 15.4 Å². The smallest absolute Gasteiger partial charge is 0.191 e. The van der Waals surface area contributed by atoms with E-state index in [-0.39, 0.29) is 0 Å². The Balaban J connectivity index is 1.69. The van der Waals surface area contributed by atoms with E-state index in [0.29, 0.717) is 18.3 Å². The lowest BCUT2D eigenvalue weighted by Crippen LogP contribution is -2.40. The number of aromatic nitrogens is 1. The Bertz CT molecular complexity index is 681. The number of ether oxygens (including phenoxy) is 1. The van der Waals surface area contributed by atoms with Crippen molar-refractivity contribution in [2.24, 2.45) is 4.99 Å². The van der Waals surface area contributed by atoms with Crippen LogP contribution in [0.2, 0.25) is 5.15 Å². The largest absolute Gasteiger partial charge is 0.491 e. The Labute approximate surface area is 154 Å². The van der Waals surface area contributed by atoms with Crippen molar-refractivity contribution < 1.29 is 4.74 Å². The quantitative estimate of drug-likeness (QED) is 0.345. The highest BCUT2D eigenvalue weighted by Gasteiger charge is 2.03. The van der Waals surface area contributed by atoms with Crippen LogP contribution in [0.3, 0.4) is 0 Å². The molecule has 0 aliphatic rings. The van der Waals surface area contributed by atoms with E-state index in [1.165, 1.54) is 0 Å². The van der Waals surface area contributed by atoms with E-state index in [9.17, 15) is 0 Å². The van der Waals surface area contributed by atoms with Crippen molar-refractivity contribution >= 4 is 17.6 Å². The number of pyridine rings is 1. The molecular formula is C19H25ClN4O. The summed E-state index contributed by atoms with van der Waals surface area (Å²) in [5, 5.41) is 7.04. The Morgan fingerprint density at radius 1 is 1.12 bits per heavy atom. The third-order valence-corrected chi connectivity index (χ3v) is 3.99. The topological polar surface area (TPSA) is 58.5 Å². The number of rotatable bonds is 7. The van der Waals surface area contributed by atoms with Gasteiger partial charge >= 0.3 is 0 Å². The molecule has 2 rings (SSSR count). The van der Waals surface area contributed by atoms with Gasteiger partial charge in [0.25, 0.3) is 0 Å². The van der Waals surface area contributed by atoms with Crippen molar-refractivity contribution in [2.45, 2.75) is 20.3 Å². The fourth-order valence-corrected chi connectivity index (χ4v) is 2.56. The lowest BCUT2D eigenvalue weighted by Gasteiger charge is -2.14. The lowest BCUT2D eigenvalue weighted by molar-refractivity contribution is 0.317. The van der Waals surface area contributed by atoms with Crippen LogP contribution in [0.1, 0.15) is 16.7 Å². The molecule has 0 bridgehead atoms. The number of benzene rings is 1. The average Bonchev–Trinajstić information content (AvgIpc) is 2.60. The summed E-state index contributed by atoms with van der Waals surface area (Å²) in [4.78, 5) is 8.29. The normalized spacial score (nSPS) is 11.3. The number of guanidine groups is 1. The van der Waals surface area contributed by atoms with E-state index in [2.05, 4.69) is 46.6 Å². The van der Waals surface area contributed by atoms with E-state index in [4.69, 9.17) is 16.3 Å². The predicted octanol–water partition coefficient (Wildman–Crippen LogP) is 3.14. The average molecular weight is 361 g/mol. The summed E-state index contributed by atoms with van der Waals surface area (Å²) in [6, 6.07) is 9.93. The summed E-state index contributed by atoms with van der Waals surface area (Å²) in [7, 11) is 1.76. The van der Waals surface area contributed by atoms with Gasteiger partial charge in [0.1, 0.15) is 17.5 Å². The van der Waals surface area contributed by atoms with Gasteiger partial charge in [0.2, 0.25) is 0 Å². The van der Waals surface area contributed by atoms with Gasteiger partial charge in [-0.2, -0.15) is 0 Å². The van der Waals surface area contributed by atoms with Crippen molar-refractivity contribution in [2.75, 3.05) is 26.7 Å². The van der Waals surface area contributed by atoms with Crippen molar-refractivity contribution in [3.63, 3.8) is 0 Å². The van der Waals surface area contributed by atoms with Gasteiger partial charge in [-0.15, -0.1) is 0 Å². The van der Waals surface area contributed by atoms with E-state index in [1.54, 1.807) is 19.3 Å². The zero-order valence-corrected chi connectivity index (χ0v) is 15.7. The summed E-state index contributed by atoms with van der Waals surface area (Å²) >= 11 is 5.79. The second kappa shape index (κ2) is 9.89. The number of aryl methyl sites for hydroxylation is 2. The summed E-state index contributed by atoms with van der Waals surface area (Å²) in [6.07, 6.45) is 2.64. The van der Waals surface area contributed by atoms with Crippen LogP contribution in [0.15, 0.2) is 41.5 Å². The SMILES string of the molecule is CN=C(NCCOc1c(C)cccc1C)NCCc1ccc(Cl)nc1. The summed E-state index contributed by atoms with van der Waals surface area (Å²) in [6.45, 7) is 6.13. The highest BCUT2D eigenvalue weighted by atomic mass is 35.5. The van der Waals surface area contributed by atoms with Gasteiger partial charge in [0, 0.05) is 19.8 Å². The van der Waals surface area contributed by atoms with Gasteiger partial charge in [-0.25, -0.2) is 4.98 Å². The third-order valence-electron chi connectivity index (χ3n) is 3.77. The molecule has 0 saturated carbocycles. The Morgan fingerprint density at radius 2 is 1.84 bits per heavy atom. The summed E-state index contributed by atoms with van der Waals surface area (Å²) in [5.41, 5.74) is 3.43. The van der Waals surface area contributed by atoms with Gasteiger partial charge in [0.05, 0.1) is 6.54 Å². The molecule has 0 radical (unpaired) electrons.